The molecule has 0 radical (unpaired) electrons. The first-order chi connectivity index (χ1) is 12.1. The maximum absolute atomic E-state index is 12.6. The number of amides is 2. The maximum atomic E-state index is 12.6. The minimum Gasteiger partial charge on any atom is -0.496 e. The van der Waals surface area contributed by atoms with E-state index in [9.17, 15) is 9.59 Å². The molecule has 0 unspecified atom stereocenters. The van der Waals surface area contributed by atoms with Crippen LogP contribution in [0.1, 0.15) is 30.7 Å². The molecule has 2 heterocycles. The minimum atomic E-state index is -0.348. The quantitative estimate of drug-likeness (QED) is 0.875. The molecule has 1 aliphatic heterocycles. The lowest BCUT2D eigenvalue weighted by molar-refractivity contribution is -0.129. The largest absolute Gasteiger partial charge is 0.496 e. The molecule has 1 aliphatic rings. The summed E-state index contributed by atoms with van der Waals surface area (Å²) in [4.78, 5) is 26.4. The van der Waals surface area contributed by atoms with E-state index in [-0.39, 0.29) is 30.2 Å². The van der Waals surface area contributed by atoms with E-state index in [0.29, 0.717) is 13.1 Å². The van der Waals surface area contributed by atoms with E-state index in [1.54, 1.807) is 24.3 Å². The van der Waals surface area contributed by atoms with Gasteiger partial charge < -0.3 is 19.4 Å². The van der Waals surface area contributed by atoms with E-state index in [1.807, 2.05) is 37.3 Å². The fourth-order valence-corrected chi connectivity index (χ4v) is 3.12. The standard InChI is InChI=1S/C19H22N2O4/c1-13(16-7-3-4-8-17(16)24-2)20-19(23)14-10-18(22)21(11-14)12-15-6-5-9-25-15/h3-9,13-14H,10-12H2,1-2H3,(H,20,23)/t13-,14+/m0/s1. The smallest absolute Gasteiger partial charge is 0.225 e. The summed E-state index contributed by atoms with van der Waals surface area (Å²) < 4.78 is 10.6. The summed E-state index contributed by atoms with van der Waals surface area (Å²) in [6.45, 7) is 2.72. The molecule has 2 aromatic rings. The van der Waals surface area contributed by atoms with Gasteiger partial charge in [-0.3, -0.25) is 9.59 Å². The van der Waals surface area contributed by atoms with Gasteiger partial charge in [-0.1, -0.05) is 18.2 Å². The van der Waals surface area contributed by atoms with Crippen LogP contribution in [0.2, 0.25) is 0 Å². The van der Waals surface area contributed by atoms with Crippen molar-refractivity contribution in [2.45, 2.75) is 25.9 Å². The number of furan rings is 1. The van der Waals surface area contributed by atoms with Crippen molar-refractivity contribution in [2.75, 3.05) is 13.7 Å². The number of nitrogens with zero attached hydrogens (tertiary/aromatic N) is 1. The zero-order valence-electron chi connectivity index (χ0n) is 14.4. The third-order valence-electron chi connectivity index (χ3n) is 4.48. The van der Waals surface area contributed by atoms with Gasteiger partial charge in [0.2, 0.25) is 11.8 Å². The van der Waals surface area contributed by atoms with E-state index < -0.39 is 0 Å². The van der Waals surface area contributed by atoms with Gasteiger partial charge in [-0.2, -0.15) is 0 Å². The number of rotatable bonds is 6. The van der Waals surface area contributed by atoms with Crippen molar-refractivity contribution in [3.63, 3.8) is 0 Å². The van der Waals surface area contributed by atoms with Crippen LogP contribution in [0, 0.1) is 5.92 Å². The lowest BCUT2D eigenvalue weighted by Gasteiger charge is -2.19. The molecule has 1 aromatic carbocycles. The van der Waals surface area contributed by atoms with E-state index in [1.165, 1.54) is 0 Å². The molecule has 3 rings (SSSR count). The fraction of sp³-hybridized carbons (Fsp3) is 0.368. The highest BCUT2D eigenvalue weighted by atomic mass is 16.5. The van der Waals surface area contributed by atoms with Crippen LogP contribution in [0.15, 0.2) is 47.1 Å². The number of methoxy groups -OCH3 is 1. The van der Waals surface area contributed by atoms with Crippen LogP contribution in [-0.2, 0) is 16.1 Å². The molecule has 0 spiro atoms. The molecule has 132 valence electrons. The SMILES string of the molecule is COc1ccccc1[C@H](C)NC(=O)[C@@H]1CC(=O)N(Cc2ccco2)C1. The zero-order chi connectivity index (χ0) is 17.8. The predicted octanol–water partition coefficient (Wildman–Crippen LogP) is 2.51. The molecule has 6 heteroatoms. The van der Waals surface area contributed by atoms with Crippen molar-refractivity contribution in [3.05, 3.63) is 54.0 Å². The van der Waals surface area contributed by atoms with Crippen LogP contribution in [0.25, 0.3) is 0 Å². The Kier molecular flexibility index (Phi) is 5.07. The van der Waals surface area contributed by atoms with Crippen molar-refractivity contribution >= 4 is 11.8 Å². The molecule has 1 fully saturated rings. The van der Waals surface area contributed by atoms with Crippen LogP contribution in [0.4, 0.5) is 0 Å². The Balaban J connectivity index is 1.61. The molecule has 1 saturated heterocycles. The first-order valence-corrected chi connectivity index (χ1v) is 8.32. The third kappa shape index (κ3) is 3.84. The molecule has 2 atom stereocenters. The molecule has 0 aliphatic carbocycles. The summed E-state index contributed by atoms with van der Waals surface area (Å²) in [6, 6.07) is 11.0. The molecule has 1 aromatic heterocycles. The molecular weight excluding hydrogens is 320 g/mol. The van der Waals surface area contributed by atoms with Crippen molar-refractivity contribution in [2.24, 2.45) is 5.92 Å². The van der Waals surface area contributed by atoms with E-state index in [4.69, 9.17) is 9.15 Å². The van der Waals surface area contributed by atoms with E-state index >= 15 is 0 Å². The Hall–Kier alpha value is -2.76. The topological polar surface area (TPSA) is 71.8 Å². The average Bonchev–Trinajstić information content (AvgIpc) is 3.25. The molecule has 6 nitrogen and oxygen atoms in total. The van der Waals surface area contributed by atoms with Crippen molar-refractivity contribution in [3.8, 4) is 5.75 Å². The van der Waals surface area contributed by atoms with Gasteiger partial charge in [0, 0.05) is 18.5 Å². The van der Waals surface area contributed by atoms with Gasteiger partial charge in [-0.05, 0) is 25.1 Å². The number of nitrogens with one attached hydrogen (secondary N) is 1. The number of hydrogen-bond donors (Lipinski definition) is 1. The predicted molar refractivity (Wildman–Crippen MR) is 91.8 cm³/mol. The number of carbonyl (C=O) groups excluding carboxylic acids is 2. The highest BCUT2D eigenvalue weighted by Gasteiger charge is 2.35. The summed E-state index contributed by atoms with van der Waals surface area (Å²) >= 11 is 0. The highest BCUT2D eigenvalue weighted by Crippen LogP contribution is 2.26. The minimum absolute atomic E-state index is 0.0264. The van der Waals surface area contributed by atoms with Crippen LogP contribution in [-0.4, -0.2) is 30.4 Å². The highest BCUT2D eigenvalue weighted by molar-refractivity contribution is 5.89. The number of carbonyl (C=O) groups is 2. The van der Waals surface area contributed by atoms with E-state index in [2.05, 4.69) is 5.32 Å². The van der Waals surface area contributed by atoms with Gasteiger partial charge in [0.1, 0.15) is 11.5 Å². The maximum Gasteiger partial charge on any atom is 0.225 e. The second-order valence-corrected chi connectivity index (χ2v) is 6.23. The van der Waals surface area contributed by atoms with Crippen molar-refractivity contribution < 1.29 is 18.7 Å². The van der Waals surface area contributed by atoms with Gasteiger partial charge in [0.15, 0.2) is 0 Å². The molecule has 25 heavy (non-hydrogen) atoms. The Morgan fingerprint density at radius 2 is 2.16 bits per heavy atom. The normalized spacial score (nSPS) is 18.2. The second kappa shape index (κ2) is 7.42. The first kappa shape index (κ1) is 17.1. The summed E-state index contributed by atoms with van der Waals surface area (Å²) in [5.41, 5.74) is 0.912. The number of benzene rings is 1. The number of para-hydroxylation sites is 1. The Labute approximate surface area is 146 Å². The molecule has 1 N–H and O–H groups in total. The van der Waals surface area contributed by atoms with Crippen molar-refractivity contribution in [1.82, 2.24) is 10.2 Å². The van der Waals surface area contributed by atoms with Crippen LogP contribution in [0.3, 0.4) is 0 Å². The lowest BCUT2D eigenvalue weighted by Crippen LogP contribution is -2.34. The molecule has 2 amide bonds. The summed E-state index contributed by atoms with van der Waals surface area (Å²) in [7, 11) is 1.61. The van der Waals surface area contributed by atoms with Crippen LogP contribution >= 0.6 is 0 Å². The second-order valence-electron chi connectivity index (χ2n) is 6.23. The van der Waals surface area contributed by atoms with Crippen molar-refractivity contribution in [1.29, 1.82) is 0 Å². The third-order valence-corrected chi connectivity index (χ3v) is 4.48. The molecule has 0 saturated carbocycles. The fourth-order valence-electron chi connectivity index (χ4n) is 3.12. The van der Waals surface area contributed by atoms with Crippen LogP contribution < -0.4 is 10.1 Å². The van der Waals surface area contributed by atoms with Gasteiger partial charge in [-0.25, -0.2) is 0 Å². The lowest BCUT2D eigenvalue weighted by atomic mass is 10.0. The van der Waals surface area contributed by atoms with Gasteiger partial charge in [-0.15, -0.1) is 0 Å². The van der Waals surface area contributed by atoms with Crippen LogP contribution in [0.5, 0.6) is 5.75 Å². The Morgan fingerprint density at radius 3 is 2.88 bits per heavy atom. The summed E-state index contributed by atoms with van der Waals surface area (Å²) in [6.07, 6.45) is 1.81. The van der Waals surface area contributed by atoms with Gasteiger partial charge >= 0.3 is 0 Å². The first-order valence-electron chi connectivity index (χ1n) is 8.32. The average molecular weight is 342 g/mol. The summed E-state index contributed by atoms with van der Waals surface area (Å²) in [5.74, 6) is 0.962. The van der Waals surface area contributed by atoms with Gasteiger partial charge in [0.05, 0.1) is 31.9 Å². The Bertz CT molecular complexity index is 742. The molecular formula is C19H22N2O4. The monoisotopic (exact) mass is 342 g/mol. The number of hydrogen-bond acceptors (Lipinski definition) is 4. The van der Waals surface area contributed by atoms with Gasteiger partial charge in [0.25, 0.3) is 0 Å². The summed E-state index contributed by atoms with van der Waals surface area (Å²) in [5, 5.41) is 2.99. The molecule has 0 bridgehead atoms. The Morgan fingerprint density at radius 1 is 1.36 bits per heavy atom. The number of ether oxygens (including phenoxy) is 1. The zero-order valence-corrected chi connectivity index (χ0v) is 14.4. The van der Waals surface area contributed by atoms with E-state index in [0.717, 1.165) is 17.1 Å². The number of likely N-dealkylation sites (tertiary alicyclic amines) is 1.